The highest BCUT2D eigenvalue weighted by molar-refractivity contribution is 5.93. The number of ether oxygens (including phenoxy) is 2. The molecule has 10 heteroatoms. The summed E-state index contributed by atoms with van der Waals surface area (Å²) in [6.07, 6.45) is 1.17. The lowest BCUT2D eigenvalue weighted by Gasteiger charge is -2.54. The van der Waals surface area contributed by atoms with Gasteiger partial charge in [-0.25, -0.2) is 0 Å². The van der Waals surface area contributed by atoms with Crippen molar-refractivity contribution in [3.05, 3.63) is 35.5 Å². The third kappa shape index (κ3) is 4.83. The molecule has 2 N–H and O–H groups in total. The van der Waals surface area contributed by atoms with Crippen LogP contribution in [0.1, 0.15) is 31.0 Å². The molecular formula is C29H39N5O5. The van der Waals surface area contributed by atoms with Crippen molar-refractivity contribution in [1.82, 2.24) is 25.0 Å². The van der Waals surface area contributed by atoms with Crippen molar-refractivity contribution in [2.24, 2.45) is 11.8 Å². The van der Waals surface area contributed by atoms with Gasteiger partial charge in [0.2, 0.25) is 17.7 Å². The molecule has 0 radical (unpaired) electrons. The van der Waals surface area contributed by atoms with E-state index < -0.39 is 17.4 Å². The second-order valence-electron chi connectivity index (χ2n) is 11.3. The summed E-state index contributed by atoms with van der Waals surface area (Å²) in [6.45, 7) is 9.18. The van der Waals surface area contributed by atoms with Gasteiger partial charge >= 0.3 is 0 Å². The summed E-state index contributed by atoms with van der Waals surface area (Å²) in [6, 6.07) is 8.19. The number of morpholine rings is 2. The van der Waals surface area contributed by atoms with Gasteiger partial charge in [-0.2, -0.15) is 0 Å². The fourth-order valence-corrected chi connectivity index (χ4v) is 7.01. The summed E-state index contributed by atoms with van der Waals surface area (Å²) in [5.41, 5.74) is 2.37. The molecule has 4 aliphatic heterocycles. The Bertz CT molecular complexity index is 1230. The first kappa shape index (κ1) is 26.3. The van der Waals surface area contributed by atoms with Crippen LogP contribution in [0.5, 0.6) is 0 Å². The van der Waals surface area contributed by atoms with E-state index >= 15 is 0 Å². The summed E-state index contributed by atoms with van der Waals surface area (Å²) in [4.78, 5) is 50.7. The quantitative estimate of drug-likeness (QED) is 0.572. The van der Waals surface area contributed by atoms with Gasteiger partial charge in [0.15, 0.2) is 0 Å². The minimum atomic E-state index is -0.803. The molecule has 210 valence electrons. The number of carbonyl (C=O) groups is 3. The molecule has 3 atom stereocenters. The maximum Gasteiger partial charge on any atom is 0.228 e. The first-order valence-corrected chi connectivity index (χ1v) is 14.3. The fourth-order valence-electron chi connectivity index (χ4n) is 7.01. The van der Waals surface area contributed by atoms with Crippen LogP contribution in [0.3, 0.4) is 0 Å². The van der Waals surface area contributed by atoms with Crippen molar-refractivity contribution in [2.75, 3.05) is 72.2 Å². The zero-order valence-corrected chi connectivity index (χ0v) is 22.7. The van der Waals surface area contributed by atoms with Gasteiger partial charge in [-0.15, -0.1) is 0 Å². The van der Waals surface area contributed by atoms with Crippen molar-refractivity contribution < 1.29 is 23.9 Å². The van der Waals surface area contributed by atoms with Crippen LogP contribution >= 0.6 is 0 Å². The first-order valence-electron chi connectivity index (χ1n) is 14.3. The Hall–Kier alpha value is -2.95. The van der Waals surface area contributed by atoms with Gasteiger partial charge in [0, 0.05) is 74.7 Å². The van der Waals surface area contributed by atoms with E-state index in [2.05, 4.69) is 27.3 Å². The predicted molar refractivity (Wildman–Crippen MR) is 145 cm³/mol. The summed E-state index contributed by atoms with van der Waals surface area (Å²) in [5, 5.41) is 4.16. The SMILES string of the molecule is C[C@]12c3[nH]c4ccccc4c3CCN1C(=O)C(CC(=O)NCCN1CCOCC1)C[C@@H]2C(=O)N1CCOCC1. The predicted octanol–water partition coefficient (Wildman–Crippen LogP) is 1.10. The Balaban J connectivity index is 1.25. The van der Waals surface area contributed by atoms with Crippen LogP contribution in [0.15, 0.2) is 24.3 Å². The fraction of sp³-hybridized carbons (Fsp3) is 0.621. The number of fused-ring (bicyclic) bond motifs is 5. The van der Waals surface area contributed by atoms with E-state index in [4.69, 9.17) is 9.47 Å². The molecule has 1 unspecified atom stereocenters. The summed E-state index contributed by atoms with van der Waals surface area (Å²) in [5.74, 6) is -1.10. The Kier molecular flexibility index (Phi) is 7.35. The molecule has 0 aliphatic carbocycles. The van der Waals surface area contributed by atoms with Crippen molar-refractivity contribution >= 4 is 28.6 Å². The lowest BCUT2D eigenvalue weighted by Crippen LogP contribution is -2.65. The molecule has 0 saturated carbocycles. The third-order valence-electron chi connectivity index (χ3n) is 9.19. The molecule has 3 saturated heterocycles. The summed E-state index contributed by atoms with van der Waals surface area (Å²) >= 11 is 0. The average molecular weight is 538 g/mol. The number of amides is 3. The van der Waals surface area contributed by atoms with Gasteiger partial charge in [0.1, 0.15) is 0 Å². The normalized spacial score (nSPS) is 27.8. The van der Waals surface area contributed by atoms with E-state index in [9.17, 15) is 14.4 Å². The van der Waals surface area contributed by atoms with E-state index in [0.717, 1.165) is 55.9 Å². The standard InChI is InChI=1S/C29H39N5O5/c1-29-23(28(37)33-12-16-39-17-13-33)18-20(19-25(35)30-7-9-32-10-14-38-15-11-32)27(36)34(29)8-6-22-21-4-2-3-5-24(21)31-26(22)29/h2-5,20,23,31H,6-19H2,1H3,(H,30,35)/t20?,23-,29+/m1/s1. The van der Waals surface area contributed by atoms with Crippen LogP contribution in [0.25, 0.3) is 10.9 Å². The number of carbonyl (C=O) groups excluding carboxylic acids is 3. The van der Waals surface area contributed by atoms with E-state index in [1.54, 1.807) is 0 Å². The van der Waals surface area contributed by atoms with Crippen molar-refractivity contribution in [3.63, 3.8) is 0 Å². The lowest BCUT2D eigenvalue weighted by atomic mass is 9.67. The van der Waals surface area contributed by atoms with Gasteiger partial charge in [-0.05, 0) is 31.4 Å². The minimum Gasteiger partial charge on any atom is -0.379 e. The highest BCUT2D eigenvalue weighted by Gasteiger charge is 2.57. The molecule has 1 aromatic carbocycles. The molecule has 10 nitrogen and oxygen atoms in total. The number of nitrogens with zero attached hydrogens (tertiary/aromatic N) is 3. The topological polar surface area (TPSA) is 107 Å². The molecule has 1 aromatic heterocycles. The van der Waals surface area contributed by atoms with Gasteiger partial charge < -0.3 is 29.6 Å². The maximum atomic E-state index is 14.1. The Morgan fingerprint density at radius 3 is 2.54 bits per heavy atom. The number of hydrogen-bond donors (Lipinski definition) is 2. The average Bonchev–Trinajstić information content (AvgIpc) is 3.35. The molecule has 5 heterocycles. The number of aromatic nitrogens is 1. The van der Waals surface area contributed by atoms with Gasteiger partial charge in [0.25, 0.3) is 0 Å². The summed E-state index contributed by atoms with van der Waals surface area (Å²) < 4.78 is 10.9. The molecule has 4 aliphatic rings. The summed E-state index contributed by atoms with van der Waals surface area (Å²) in [7, 11) is 0. The number of hydrogen-bond acceptors (Lipinski definition) is 6. The molecule has 3 amide bonds. The second-order valence-corrected chi connectivity index (χ2v) is 11.3. The van der Waals surface area contributed by atoms with E-state index in [1.807, 2.05) is 28.9 Å². The smallest absolute Gasteiger partial charge is 0.228 e. The molecular weight excluding hydrogens is 498 g/mol. The lowest BCUT2D eigenvalue weighted by molar-refractivity contribution is -0.166. The van der Waals surface area contributed by atoms with Gasteiger partial charge in [0.05, 0.1) is 37.9 Å². The van der Waals surface area contributed by atoms with Crippen LogP contribution in [0.4, 0.5) is 0 Å². The van der Waals surface area contributed by atoms with Crippen LogP contribution in [-0.4, -0.2) is 110 Å². The number of aromatic amines is 1. The Morgan fingerprint density at radius 2 is 1.77 bits per heavy atom. The highest BCUT2D eigenvalue weighted by atomic mass is 16.5. The van der Waals surface area contributed by atoms with Crippen LogP contribution in [-0.2, 0) is 35.8 Å². The van der Waals surface area contributed by atoms with E-state index in [-0.39, 0.29) is 24.1 Å². The zero-order chi connectivity index (χ0) is 27.0. The number of para-hydroxylation sites is 1. The monoisotopic (exact) mass is 537 g/mol. The van der Waals surface area contributed by atoms with Crippen LogP contribution in [0.2, 0.25) is 0 Å². The zero-order valence-electron chi connectivity index (χ0n) is 22.7. The Labute approximate surface area is 229 Å². The number of benzene rings is 1. The van der Waals surface area contributed by atoms with E-state index in [1.165, 1.54) is 5.56 Å². The van der Waals surface area contributed by atoms with E-state index in [0.29, 0.717) is 45.8 Å². The third-order valence-corrected chi connectivity index (χ3v) is 9.19. The molecule has 0 bridgehead atoms. The molecule has 39 heavy (non-hydrogen) atoms. The maximum absolute atomic E-state index is 14.1. The molecule has 3 fully saturated rings. The number of H-pyrrole nitrogens is 1. The first-order chi connectivity index (χ1) is 19.0. The van der Waals surface area contributed by atoms with Crippen molar-refractivity contribution in [3.8, 4) is 0 Å². The number of piperidine rings is 1. The highest BCUT2D eigenvalue weighted by Crippen LogP contribution is 2.50. The molecule has 0 spiro atoms. The Morgan fingerprint density at radius 1 is 1.05 bits per heavy atom. The number of nitrogens with one attached hydrogen (secondary N) is 2. The van der Waals surface area contributed by atoms with Gasteiger partial charge in [-0.3, -0.25) is 19.3 Å². The molecule has 2 aromatic rings. The van der Waals surface area contributed by atoms with Gasteiger partial charge in [-0.1, -0.05) is 18.2 Å². The second kappa shape index (κ2) is 10.9. The molecule has 6 rings (SSSR count). The van der Waals surface area contributed by atoms with Crippen LogP contribution in [0, 0.1) is 11.8 Å². The van der Waals surface area contributed by atoms with Crippen molar-refractivity contribution in [2.45, 2.75) is 31.7 Å². The van der Waals surface area contributed by atoms with Crippen molar-refractivity contribution in [1.29, 1.82) is 0 Å². The largest absolute Gasteiger partial charge is 0.379 e. The van der Waals surface area contributed by atoms with Crippen LogP contribution < -0.4 is 5.32 Å². The minimum absolute atomic E-state index is 0.0313. The number of rotatable bonds is 6.